The van der Waals surface area contributed by atoms with Gasteiger partial charge in [0.25, 0.3) is 0 Å². The number of aromatic nitrogens is 2. The van der Waals surface area contributed by atoms with Gasteiger partial charge >= 0.3 is 0 Å². The number of fused-ring (bicyclic) bond motifs is 2. The van der Waals surface area contributed by atoms with Crippen LogP contribution in [0.3, 0.4) is 0 Å². The van der Waals surface area contributed by atoms with E-state index >= 15 is 0 Å². The van der Waals surface area contributed by atoms with Crippen molar-refractivity contribution in [3.63, 3.8) is 0 Å². The summed E-state index contributed by atoms with van der Waals surface area (Å²) in [5.74, 6) is 1.99. The smallest absolute Gasteiger partial charge is 0.245 e. The fraction of sp³-hybridized carbons (Fsp3) is 0.346. The number of likely N-dealkylation sites (tertiary alicyclic amines) is 1. The van der Waals surface area contributed by atoms with E-state index in [-0.39, 0.29) is 12.0 Å². The molecule has 0 bridgehead atoms. The zero-order valence-electron chi connectivity index (χ0n) is 18.8. The first kappa shape index (κ1) is 21.2. The Labute approximate surface area is 193 Å². The van der Waals surface area contributed by atoms with Crippen LogP contribution in [0.15, 0.2) is 49.3 Å². The van der Waals surface area contributed by atoms with Gasteiger partial charge < -0.3 is 19.7 Å². The van der Waals surface area contributed by atoms with Gasteiger partial charge in [-0.05, 0) is 54.7 Å². The van der Waals surface area contributed by atoms with Crippen molar-refractivity contribution in [1.29, 1.82) is 0 Å². The summed E-state index contributed by atoms with van der Waals surface area (Å²) in [5, 5.41) is 4.34. The largest absolute Gasteiger partial charge is 0.493 e. The number of anilines is 2. The summed E-state index contributed by atoms with van der Waals surface area (Å²) >= 11 is 0. The molecule has 0 saturated carbocycles. The second kappa shape index (κ2) is 9.10. The molecule has 3 aromatic rings. The molecular weight excluding hydrogens is 416 g/mol. The van der Waals surface area contributed by atoms with Gasteiger partial charge in [0.2, 0.25) is 5.91 Å². The highest BCUT2D eigenvalue weighted by Crippen LogP contribution is 2.36. The van der Waals surface area contributed by atoms with E-state index in [1.807, 2.05) is 12.1 Å². The minimum Gasteiger partial charge on any atom is -0.493 e. The van der Waals surface area contributed by atoms with Gasteiger partial charge in [0.05, 0.1) is 12.6 Å². The third-order valence-electron chi connectivity index (χ3n) is 6.50. The molecule has 1 saturated heterocycles. The van der Waals surface area contributed by atoms with Crippen LogP contribution in [0, 0.1) is 0 Å². The minimum absolute atomic E-state index is 0.00275. The van der Waals surface area contributed by atoms with Crippen molar-refractivity contribution in [2.75, 3.05) is 25.5 Å². The fourth-order valence-electron chi connectivity index (χ4n) is 4.70. The maximum Gasteiger partial charge on any atom is 0.245 e. The molecule has 1 aliphatic carbocycles. The predicted molar refractivity (Wildman–Crippen MR) is 128 cm³/mol. The number of methoxy groups -OCH3 is 1. The number of rotatable bonds is 6. The van der Waals surface area contributed by atoms with Gasteiger partial charge in [-0.1, -0.05) is 12.6 Å². The maximum atomic E-state index is 11.9. The lowest BCUT2D eigenvalue weighted by Gasteiger charge is -2.31. The number of ether oxygens (including phenoxy) is 2. The predicted octanol–water partition coefficient (Wildman–Crippen LogP) is 4.43. The molecule has 2 heterocycles. The van der Waals surface area contributed by atoms with Crippen molar-refractivity contribution in [3.05, 3.63) is 60.4 Å². The molecule has 2 aliphatic rings. The summed E-state index contributed by atoms with van der Waals surface area (Å²) in [4.78, 5) is 22.6. The van der Waals surface area contributed by atoms with Crippen molar-refractivity contribution in [1.82, 2.24) is 14.9 Å². The van der Waals surface area contributed by atoms with Crippen LogP contribution < -0.4 is 14.8 Å². The van der Waals surface area contributed by atoms with Gasteiger partial charge in [0.1, 0.15) is 18.2 Å². The Hall–Kier alpha value is -3.61. The lowest BCUT2D eigenvalue weighted by Crippen LogP contribution is -2.41. The molecular formula is C26H28N4O3. The third-order valence-corrected chi connectivity index (χ3v) is 6.50. The SMILES string of the molecule is C=CC(=O)N1CCC(Oc2cc3c(Nc4ccc5c(c4)CCC5)ncnc3cc2OC)CC1. The molecule has 1 aromatic heterocycles. The Morgan fingerprint density at radius 1 is 1.12 bits per heavy atom. The average Bonchev–Trinajstić information content (AvgIpc) is 3.32. The van der Waals surface area contributed by atoms with Crippen molar-refractivity contribution >= 4 is 28.3 Å². The lowest BCUT2D eigenvalue weighted by atomic mass is 10.1. The minimum atomic E-state index is -0.0313. The van der Waals surface area contributed by atoms with Gasteiger partial charge in [-0.2, -0.15) is 0 Å². The first-order chi connectivity index (χ1) is 16.1. The van der Waals surface area contributed by atoms with Gasteiger partial charge in [0.15, 0.2) is 11.5 Å². The monoisotopic (exact) mass is 444 g/mol. The van der Waals surface area contributed by atoms with Crippen LogP contribution >= 0.6 is 0 Å². The van der Waals surface area contributed by atoms with Crippen LogP contribution in [0.2, 0.25) is 0 Å². The van der Waals surface area contributed by atoms with E-state index in [4.69, 9.17) is 9.47 Å². The Balaban J connectivity index is 1.40. The van der Waals surface area contributed by atoms with E-state index in [1.54, 1.807) is 18.3 Å². The second-order valence-electron chi connectivity index (χ2n) is 8.55. The van der Waals surface area contributed by atoms with Crippen LogP contribution in [0.5, 0.6) is 11.5 Å². The molecule has 0 spiro atoms. The standard InChI is InChI=1S/C26H28N4O3/c1-3-25(31)30-11-9-20(10-12-30)33-24-14-21-22(15-23(24)32-2)27-16-28-26(21)29-19-8-7-17-5-4-6-18(17)13-19/h3,7-8,13-16,20H,1,4-6,9-12H2,2H3,(H,27,28,29). The molecule has 2 aromatic carbocycles. The molecule has 0 radical (unpaired) electrons. The van der Waals surface area contributed by atoms with E-state index in [9.17, 15) is 4.79 Å². The van der Waals surface area contributed by atoms with Crippen LogP contribution in [0.4, 0.5) is 11.5 Å². The molecule has 5 rings (SSSR count). The maximum absolute atomic E-state index is 11.9. The van der Waals surface area contributed by atoms with Gasteiger partial charge in [-0.25, -0.2) is 9.97 Å². The number of benzene rings is 2. The van der Waals surface area contributed by atoms with E-state index < -0.39 is 0 Å². The molecule has 7 heteroatoms. The molecule has 170 valence electrons. The number of carbonyl (C=O) groups excluding carboxylic acids is 1. The van der Waals surface area contributed by atoms with Crippen molar-refractivity contribution in [2.24, 2.45) is 0 Å². The number of nitrogens with zero attached hydrogens (tertiary/aromatic N) is 3. The zero-order valence-corrected chi connectivity index (χ0v) is 18.8. The summed E-state index contributed by atoms with van der Waals surface area (Å²) < 4.78 is 11.9. The number of piperidine rings is 1. The highest BCUT2D eigenvalue weighted by molar-refractivity contribution is 5.93. The summed E-state index contributed by atoms with van der Waals surface area (Å²) in [6, 6.07) is 10.4. The Morgan fingerprint density at radius 2 is 1.94 bits per heavy atom. The second-order valence-corrected chi connectivity index (χ2v) is 8.55. The summed E-state index contributed by atoms with van der Waals surface area (Å²) in [6.07, 6.45) is 7.94. The number of carbonyl (C=O) groups is 1. The van der Waals surface area contributed by atoms with E-state index in [1.165, 1.54) is 23.6 Å². The van der Waals surface area contributed by atoms with Gasteiger partial charge in [-0.15, -0.1) is 0 Å². The molecule has 0 atom stereocenters. The van der Waals surface area contributed by atoms with Crippen LogP contribution in [-0.4, -0.2) is 47.1 Å². The Morgan fingerprint density at radius 3 is 2.73 bits per heavy atom. The number of hydrogen-bond donors (Lipinski definition) is 1. The van der Waals surface area contributed by atoms with Crippen LogP contribution in [0.1, 0.15) is 30.4 Å². The Bertz CT molecular complexity index is 1200. The molecule has 7 nitrogen and oxygen atoms in total. The number of nitrogens with one attached hydrogen (secondary N) is 1. The highest BCUT2D eigenvalue weighted by Gasteiger charge is 2.24. The number of hydrogen-bond acceptors (Lipinski definition) is 6. The van der Waals surface area contributed by atoms with Gasteiger partial charge in [-0.3, -0.25) is 4.79 Å². The first-order valence-corrected chi connectivity index (χ1v) is 11.4. The highest BCUT2D eigenvalue weighted by atomic mass is 16.5. The first-order valence-electron chi connectivity index (χ1n) is 11.4. The van der Waals surface area contributed by atoms with Crippen molar-refractivity contribution in [3.8, 4) is 11.5 Å². The molecule has 1 fully saturated rings. The van der Waals surface area contributed by atoms with E-state index in [2.05, 4.69) is 40.1 Å². The average molecular weight is 445 g/mol. The summed E-state index contributed by atoms with van der Waals surface area (Å²) in [5.41, 5.74) is 4.65. The van der Waals surface area contributed by atoms with Crippen LogP contribution in [-0.2, 0) is 17.6 Å². The van der Waals surface area contributed by atoms with E-state index in [0.29, 0.717) is 24.6 Å². The van der Waals surface area contributed by atoms with Crippen molar-refractivity contribution < 1.29 is 14.3 Å². The van der Waals surface area contributed by atoms with E-state index in [0.717, 1.165) is 48.1 Å². The lowest BCUT2D eigenvalue weighted by molar-refractivity contribution is -0.127. The molecule has 1 N–H and O–H groups in total. The quantitative estimate of drug-likeness (QED) is 0.567. The normalized spacial score (nSPS) is 15.8. The summed E-state index contributed by atoms with van der Waals surface area (Å²) in [7, 11) is 1.63. The topological polar surface area (TPSA) is 76.6 Å². The van der Waals surface area contributed by atoms with Crippen LogP contribution in [0.25, 0.3) is 10.9 Å². The molecule has 33 heavy (non-hydrogen) atoms. The fourth-order valence-corrected chi connectivity index (χ4v) is 4.70. The number of amides is 1. The molecule has 1 aliphatic heterocycles. The van der Waals surface area contributed by atoms with Gasteiger partial charge in [0, 0.05) is 43.1 Å². The van der Waals surface area contributed by atoms with Crippen molar-refractivity contribution in [2.45, 2.75) is 38.2 Å². The third kappa shape index (κ3) is 4.35. The Kier molecular flexibility index (Phi) is 5.86. The molecule has 1 amide bonds. The number of aryl methyl sites for hydroxylation is 2. The summed E-state index contributed by atoms with van der Waals surface area (Å²) in [6.45, 7) is 4.88. The zero-order chi connectivity index (χ0) is 22.8. The molecule has 0 unspecified atom stereocenters.